The van der Waals surface area contributed by atoms with E-state index in [0.717, 1.165) is 26.2 Å². The number of nitrogens with zero attached hydrogens (tertiary/aromatic N) is 1. The first-order chi connectivity index (χ1) is 8.24. The zero-order chi connectivity index (χ0) is 12.3. The van der Waals surface area contributed by atoms with E-state index in [9.17, 15) is 5.11 Å². The fraction of sp³-hybridized carbons (Fsp3) is 0.571. The highest BCUT2D eigenvalue weighted by molar-refractivity contribution is 5.36. The lowest BCUT2D eigenvalue weighted by molar-refractivity contribution is 0.110. The van der Waals surface area contributed by atoms with E-state index in [1.165, 1.54) is 16.7 Å². The van der Waals surface area contributed by atoms with Gasteiger partial charge in [-0.1, -0.05) is 18.2 Å². The molecule has 1 atom stereocenters. The maximum atomic E-state index is 9.72. The van der Waals surface area contributed by atoms with Crippen LogP contribution < -0.4 is 5.32 Å². The topological polar surface area (TPSA) is 35.5 Å². The lowest BCUT2D eigenvalue weighted by atomic mass is 9.95. The van der Waals surface area contributed by atoms with Gasteiger partial charge in [0, 0.05) is 26.2 Å². The molecule has 2 N–H and O–H groups in total. The third-order valence-corrected chi connectivity index (χ3v) is 3.64. The average molecular weight is 234 g/mol. The van der Waals surface area contributed by atoms with Gasteiger partial charge >= 0.3 is 0 Å². The Morgan fingerprint density at radius 2 is 1.82 bits per heavy atom. The van der Waals surface area contributed by atoms with Crippen molar-refractivity contribution in [2.75, 3.05) is 32.8 Å². The van der Waals surface area contributed by atoms with Gasteiger partial charge in [0.25, 0.3) is 0 Å². The third kappa shape index (κ3) is 2.68. The van der Waals surface area contributed by atoms with Gasteiger partial charge in [-0.15, -0.1) is 0 Å². The van der Waals surface area contributed by atoms with Gasteiger partial charge in [0.2, 0.25) is 0 Å². The van der Waals surface area contributed by atoms with E-state index in [1.54, 1.807) is 0 Å². The molecule has 0 saturated carbocycles. The summed E-state index contributed by atoms with van der Waals surface area (Å²) in [7, 11) is 0. The molecule has 0 aromatic heterocycles. The standard InChI is InChI=1S/C14H22N2O/c1-11-4-3-5-12(2)14(11)13(10-17)16-8-6-15-7-9-16/h3-5,13,15,17H,6-10H2,1-2H3/t13-/m0/s1. The van der Waals surface area contributed by atoms with E-state index in [4.69, 9.17) is 0 Å². The van der Waals surface area contributed by atoms with E-state index < -0.39 is 0 Å². The Balaban J connectivity index is 2.27. The van der Waals surface area contributed by atoms with Crippen molar-refractivity contribution in [2.45, 2.75) is 19.9 Å². The van der Waals surface area contributed by atoms with Crippen molar-refractivity contribution in [2.24, 2.45) is 0 Å². The van der Waals surface area contributed by atoms with Crippen LogP contribution in [0.25, 0.3) is 0 Å². The summed E-state index contributed by atoms with van der Waals surface area (Å²) >= 11 is 0. The number of aryl methyl sites for hydroxylation is 2. The predicted molar refractivity (Wildman–Crippen MR) is 70.2 cm³/mol. The molecule has 1 aliphatic heterocycles. The zero-order valence-electron chi connectivity index (χ0n) is 10.7. The van der Waals surface area contributed by atoms with Crippen molar-refractivity contribution in [1.82, 2.24) is 10.2 Å². The van der Waals surface area contributed by atoms with Crippen molar-refractivity contribution < 1.29 is 5.11 Å². The lowest BCUT2D eigenvalue weighted by Gasteiger charge is -2.35. The number of aliphatic hydroxyl groups is 1. The van der Waals surface area contributed by atoms with Crippen LogP contribution in [0.1, 0.15) is 22.7 Å². The molecule has 0 spiro atoms. The van der Waals surface area contributed by atoms with Crippen molar-refractivity contribution in [3.05, 3.63) is 34.9 Å². The van der Waals surface area contributed by atoms with Gasteiger partial charge < -0.3 is 10.4 Å². The molecule has 17 heavy (non-hydrogen) atoms. The van der Waals surface area contributed by atoms with E-state index in [2.05, 4.69) is 42.3 Å². The molecule has 0 bridgehead atoms. The number of hydrogen-bond acceptors (Lipinski definition) is 3. The van der Waals surface area contributed by atoms with Crippen LogP contribution in [0.15, 0.2) is 18.2 Å². The average Bonchev–Trinajstić information content (AvgIpc) is 2.35. The maximum absolute atomic E-state index is 9.72. The predicted octanol–water partition coefficient (Wildman–Crippen LogP) is 1.24. The molecule has 2 rings (SSSR count). The van der Waals surface area contributed by atoms with Crippen molar-refractivity contribution >= 4 is 0 Å². The number of hydrogen-bond donors (Lipinski definition) is 2. The molecule has 94 valence electrons. The molecule has 3 nitrogen and oxygen atoms in total. The second-order valence-corrected chi connectivity index (χ2v) is 4.79. The molecule has 0 amide bonds. The first kappa shape index (κ1) is 12.6. The fourth-order valence-corrected chi connectivity index (χ4v) is 2.74. The Bertz CT molecular complexity index is 352. The monoisotopic (exact) mass is 234 g/mol. The van der Waals surface area contributed by atoms with E-state index in [0.29, 0.717) is 0 Å². The van der Waals surface area contributed by atoms with Gasteiger partial charge in [-0.25, -0.2) is 0 Å². The van der Waals surface area contributed by atoms with Crippen molar-refractivity contribution in [1.29, 1.82) is 0 Å². The summed E-state index contributed by atoms with van der Waals surface area (Å²) < 4.78 is 0. The molecule has 1 aromatic carbocycles. The number of aliphatic hydroxyl groups excluding tert-OH is 1. The van der Waals surface area contributed by atoms with Gasteiger partial charge in [-0.2, -0.15) is 0 Å². The van der Waals surface area contributed by atoms with Gasteiger partial charge in [0.05, 0.1) is 12.6 Å². The first-order valence-electron chi connectivity index (χ1n) is 6.35. The molecule has 1 aromatic rings. The molecule has 1 saturated heterocycles. The molecule has 0 unspecified atom stereocenters. The quantitative estimate of drug-likeness (QED) is 0.826. The fourth-order valence-electron chi connectivity index (χ4n) is 2.74. The molecule has 0 aliphatic carbocycles. The van der Waals surface area contributed by atoms with E-state index in [1.807, 2.05) is 0 Å². The Morgan fingerprint density at radius 1 is 1.24 bits per heavy atom. The highest BCUT2D eigenvalue weighted by Gasteiger charge is 2.23. The number of benzene rings is 1. The van der Waals surface area contributed by atoms with Crippen LogP contribution >= 0.6 is 0 Å². The second kappa shape index (κ2) is 5.63. The summed E-state index contributed by atoms with van der Waals surface area (Å²) in [6.07, 6.45) is 0. The Labute approximate surface area is 103 Å². The van der Waals surface area contributed by atoms with Gasteiger partial charge in [-0.05, 0) is 30.5 Å². The van der Waals surface area contributed by atoms with Crippen molar-refractivity contribution in [3.8, 4) is 0 Å². The number of nitrogens with one attached hydrogen (secondary N) is 1. The Morgan fingerprint density at radius 3 is 2.35 bits per heavy atom. The highest BCUT2D eigenvalue weighted by Crippen LogP contribution is 2.26. The normalized spacial score (nSPS) is 19.2. The lowest BCUT2D eigenvalue weighted by Crippen LogP contribution is -2.46. The van der Waals surface area contributed by atoms with Gasteiger partial charge in [-0.3, -0.25) is 4.90 Å². The summed E-state index contributed by atoms with van der Waals surface area (Å²) in [5.41, 5.74) is 3.86. The third-order valence-electron chi connectivity index (χ3n) is 3.64. The minimum Gasteiger partial charge on any atom is -0.394 e. The molecule has 1 aliphatic rings. The molecular formula is C14H22N2O. The number of piperazine rings is 1. The highest BCUT2D eigenvalue weighted by atomic mass is 16.3. The van der Waals surface area contributed by atoms with E-state index >= 15 is 0 Å². The molecule has 1 fully saturated rings. The minimum atomic E-state index is 0.151. The van der Waals surface area contributed by atoms with Gasteiger partial charge in [0.1, 0.15) is 0 Å². The summed E-state index contributed by atoms with van der Waals surface area (Å²) in [5, 5.41) is 13.1. The van der Waals surface area contributed by atoms with Crippen LogP contribution in [0.5, 0.6) is 0 Å². The van der Waals surface area contributed by atoms with Crippen LogP contribution in [-0.2, 0) is 0 Å². The number of rotatable bonds is 3. The van der Waals surface area contributed by atoms with E-state index in [-0.39, 0.29) is 12.6 Å². The molecule has 3 heteroatoms. The van der Waals surface area contributed by atoms with Gasteiger partial charge in [0.15, 0.2) is 0 Å². The van der Waals surface area contributed by atoms with Crippen LogP contribution in [0.2, 0.25) is 0 Å². The molecular weight excluding hydrogens is 212 g/mol. The Kier molecular flexibility index (Phi) is 4.15. The summed E-state index contributed by atoms with van der Waals surface area (Å²) in [5.74, 6) is 0. The molecule has 1 heterocycles. The SMILES string of the molecule is Cc1cccc(C)c1[C@H](CO)N1CCNCC1. The molecule has 0 radical (unpaired) electrons. The van der Waals surface area contributed by atoms with Crippen LogP contribution in [-0.4, -0.2) is 42.8 Å². The minimum absolute atomic E-state index is 0.151. The van der Waals surface area contributed by atoms with Crippen LogP contribution in [0, 0.1) is 13.8 Å². The summed E-state index contributed by atoms with van der Waals surface area (Å²) in [4.78, 5) is 2.38. The van der Waals surface area contributed by atoms with Crippen LogP contribution in [0.3, 0.4) is 0 Å². The Hall–Kier alpha value is -0.900. The maximum Gasteiger partial charge on any atom is 0.0628 e. The van der Waals surface area contributed by atoms with Crippen molar-refractivity contribution in [3.63, 3.8) is 0 Å². The first-order valence-corrected chi connectivity index (χ1v) is 6.35. The van der Waals surface area contributed by atoms with Crippen LogP contribution in [0.4, 0.5) is 0 Å². The summed E-state index contributed by atoms with van der Waals surface area (Å²) in [6, 6.07) is 6.50. The summed E-state index contributed by atoms with van der Waals surface area (Å²) in [6.45, 7) is 8.52. The smallest absolute Gasteiger partial charge is 0.0628 e. The second-order valence-electron chi connectivity index (χ2n) is 4.79. The largest absolute Gasteiger partial charge is 0.394 e. The zero-order valence-corrected chi connectivity index (χ0v) is 10.7.